The molecule has 6 aromatic heterocycles. The highest BCUT2D eigenvalue weighted by atomic mass is 15.0. The van der Waals surface area contributed by atoms with Gasteiger partial charge in [0, 0.05) is 77.2 Å². The zero-order valence-electron chi connectivity index (χ0n) is 70.6. The molecule has 0 aliphatic heterocycles. The lowest BCUT2D eigenvalue weighted by Crippen LogP contribution is -2.00. The minimum Gasteiger partial charge on any atom is -0.245 e. The first kappa shape index (κ1) is 78.4. The Morgan fingerprint density at radius 3 is 0.685 bits per heavy atom. The molecule has 9 heteroatoms. The molecule has 23 aromatic rings. The maximum absolute atomic E-state index is 5.40. The van der Waals surface area contributed by atoms with Gasteiger partial charge in [-0.1, -0.05) is 437 Å². The van der Waals surface area contributed by atoms with Gasteiger partial charge in [-0.15, -0.1) is 0 Å². The summed E-state index contributed by atoms with van der Waals surface area (Å²) >= 11 is 0. The van der Waals surface area contributed by atoms with Crippen LogP contribution in [0.1, 0.15) is 0 Å². The second kappa shape index (κ2) is 35.2. The van der Waals surface area contributed by atoms with Crippen LogP contribution in [0.25, 0.3) is 235 Å². The normalized spacial score (nSPS) is 11.2. The highest BCUT2D eigenvalue weighted by molar-refractivity contribution is 6.11. The van der Waals surface area contributed by atoms with Crippen molar-refractivity contribution in [2.45, 2.75) is 0 Å². The fourth-order valence-electron chi connectivity index (χ4n) is 17.2. The summed E-state index contributed by atoms with van der Waals surface area (Å²) in [6.07, 6.45) is 0. The third-order valence-corrected chi connectivity index (χ3v) is 24.1. The van der Waals surface area contributed by atoms with E-state index in [1.54, 1.807) is 0 Å². The van der Waals surface area contributed by atoms with Gasteiger partial charge in [0.1, 0.15) is 0 Å². The van der Waals surface area contributed by atoms with Crippen LogP contribution in [0.5, 0.6) is 0 Å². The Balaban J connectivity index is 0.000000153. The van der Waals surface area contributed by atoms with Crippen LogP contribution < -0.4 is 0 Å². The van der Waals surface area contributed by atoms with Crippen LogP contribution in [0.4, 0.5) is 0 Å². The van der Waals surface area contributed by atoms with Crippen molar-refractivity contribution in [3.8, 4) is 191 Å². The second-order valence-corrected chi connectivity index (χ2v) is 32.3. The molecular weight excluding hydrogens is 1580 g/mol. The third kappa shape index (κ3) is 16.4. The van der Waals surface area contributed by atoms with E-state index in [1.807, 2.05) is 66.7 Å². The van der Waals surface area contributed by atoms with Crippen molar-refractivity contribution in [1.29, 1.82) is 0 Å². The van der Waals surface area contributed by atoms with Crippen molar-refractivity contribution >= 4 is 43.6 Å². The van der Waals surface area contributed by atoms with E-state index < -0.39 is 0 Å². The van der Waals surface area contributed by atoms with Crippen molar-refractivity contribution in [2.24, 2.45) is 0 Å². The minimum absolute atomic E-state index is 0.624. The van der Waals surface area contributed by atoms with Gasteiger partial charge < -0.3 is 0 Å². The van der Waals surface area contributed by atoms with E-state index in [0.717, 1.165) is 189 Å². The number of pyridine rings is 4. The summed E-state index contributed by atoms with van der Waals surface area (Å²) in [5.74, 6) is 2.58. The average Bonchev–Trinajstić information content (AvgIpc) is 0.761. The molecule has 0 aliphatic rings. The monoisotopic (exact) mass is 1660 g/mol. The maximum atomic E-state index is 5.40. The molecule has 0 aliphatic carbocycles. The number of rotatable bonds is 17. The van der Waals surface area contributed by atoms with Gasteiger partial charge in [-0.3, -0.25) is 0 Å². The summed E-state index contributed by atoms with van der Waals surface area (Å²) in [7, 11) is 0. The highest BCUT2D eigenvalue weighted by Crippen LogP contribution is 2.42. The molecule has 0 amide bonds. The largest absolute Gasteiger partial charge is 0.245 e. The zero-order valence-corrected chi connectivity index (χ0v) is 70.6. The number of benzene rings is 17. The Hall–Kier alpha value is -17.5. The van der Waals surface area contributed by atoms with Crippen LogP contribution >= 0.6 is 0 Å². The maximum Gasteiger partial charge on any atom is 0.164 e. The minimum atomic E-state index is 0.624. The highest BCUT2D eigenvalue weighted by Gasteiger charge is 2.21. The van der Waals surface area contributed by atoms with Gasteiger partial charge in [-0.25, -0.2) is 44.9 Å². The topological polar surface area (TPSA) is 116 Å². The van der Waals surface area contributed by atoms with Gasteiger partial charge in [-0.05, 0) is 120 Å². The molecule has 0 saturated heterocycles. The van der Waals surface area contributed by atoms with Crippen LogP contribution in [0.2, 0.25) is 0 Å². The number of hydrogen-bond donors (Lipinski definition) is 0. The standard InChI is InChI=1S/C64H42N4.C57H37N5/c1-5-15-43(16-6-1)45-27-33-49(34-28-45)60-42-61(68-64(67-60)51-21-11-4-12-22-51)55-26-14-24-53(40-55)46-29-31-48(32-30-46)58-38-36-50-35-37-56-57(47-19-9-3-10-20-47)41-59(66-63(56)62(50)65-58)54-25-13-23-52(39-54)44-17-7-2-8-18-44;1-5-13-38(14-6-1)39-23-29-47(30-24-39)56-60-55(46-19-11-4-12-20-46)61-57(62-56)48-31-25-41(26-32-48)40-21-27-44(28-22-40)51-36-34-45-33-35-49-50(42-15-7-2-8-16-42)37-52(43-17-9-3-10-18-43)59-54(49)53(45)58-51/h1-42H;1-37H. The summed E-state index contributed by atoms with van der Waals surface area (Å²) in [5, 5.41) is 4.24. The number of hydrogen-bond acceptors (Lipinski definition) is 9. The van der Waals surface area contributed by atoms with Gasteiger partial charge in [0.2, 0.25) is 0 Å². The Labute approximate surface area is 753 Å². The molecule has 17 aromatic carbocycles. The van der Waals surface area contributed by atoms with Crippen molar-refractivity contribution in [2.75, 3.05) is 0 Å². The molecule has 0 radical (unpaired) electrons. The SMILES string of the molecule is c1ccc(-c2ccc(-c3cc(-c4cccc(-c5ccc(-c6ccc7ccc8c(-c9ccccc9)cc(-c9cccc(-c%10ccccc%10)c9)nc8c7n6)cc5)c4)nc(-c4ccccc4)n3)cc2)cc1.c1ccc(-c2ccc(-c3nc(-c4ccccc4)nc(-c4ccc(-c5ccc(-c6ccc7ccc8c(-c9ccccc9)cc(-c9ccccc9)nc8c7n6)cc5)cc4)n3)cc2)cc1. The number of nitrogens with zero attached hydrogens (tertiary/aromatic N) is 9. The van der Waals surface area contributed by atoms with E-state index in [2.05, 4.69) is 413 Å². The lowest BCUT2D eigenvalue weighted by molar-refractivity contribution is 1.07. The van der Waals surface area contributed by atoms with Gasteiger partial charge in [0.05, 0.1) is 56.2 Å². The first-order valence-corrected chi connectivity index (χ1v) is 43.7. The number of fused-ring (bicyclic) bond motifs is 6. The third-order valence-electron chi connectivity index (χ3n) is 24.1. The smallest absolute Gasteiger partial charge is 0.164 e. The summed E-state index contributed by atoms with van der Waals surface area (Å²) in [6.45, 7) is 0. The average molecular weight is 1660 g/mol. The first-order valence-electron chi connectivity index (χ1n) is 43.7. The molecule has 0 saturated carbocycles. The molecule has 0 spiro atoms. The Morgan fingerprint density at radius 1 is 0.108 bits per heavy atom. The van der Waals surface area contributed by atoms with E-state index in [-0.39, 0.29) is 0 Å². The lowest BCUT2D eigenvalue weighted by atomic mass is 9.95. The van der Waals surface area contributed by atoms with E-state index >= 15 is 0 Å². The Bertz CT molecular complexity index is 8040. The second-order valence-electron chi connectivity index (χ2n) is 32.3. The molecule has 0 fully saturated rings. The molecule has 0 unspecified atom stereocenters. The molecule has 6 heterocycles. The van der Waals surface area contributed by atoms with Crippen LogP contribution in [0.15, 0.2) is 479 Å². The quantitative estimate of drug-likeness (QED) is 0.0822. The number of aromatic nitrogens is 9. The molecule has 9 nitrogen and oxygen atoms in total. The van der Waals surface area contributed by atoms with Crippen LogP contribution in [-0.4, -0.2) is 44.9 Å². The molecule has 0 N–H and O–H groups in total. The van der Waals surface area contributed by atoms with E-state index in [9.17, 15) is 0 Å². The summed E-state index contributed by atoms with van der Waals surface area (Å²) in [4.78, 5) is 46.4. The fourth-order valence-corrected chi connectivity index (χ4v) is 17.2. The van der Waals surface area contributed by atoms with Crippen molar-refractivity contribution in [3.63, 3.8) is 0 Å². The van der Waals surface area contributed by atoms with E-state index in [1.165, 1.54) is 22.3 Å². The van der Waals surface area contributed by atoms with E-state index in [4.69, 9.17) is 44.9 Å². The summed E-state index contributed by atoms with van der Waals surface area (Å²) < 4.78 is 0. The lowest BCUT2D eigenvalue weighted by Gasteiger charge is -2.14. The predicted molar refractivity (Wildman–Crippen MR) is 535 cm³/mol. The van der Waals surface area contributed by atoms with E-state index in [0.29, 0.717) is 23.3 Å². The van der Waals surface area contributed by atoms with Crippen molar-refractivity contribution in [1.82, 2.24) is 44.9 Å². The van der Waals surface area contributed by atoms with Gasteiger partial charge in [0.25, 0.3) is 0 Å². The molecule has 608 valence electrons. The molecule has 0 bridgehead atoms. The van der Waals surface area contributed by atoms with Crippen LogP contribution in [0.3, 0.4) is 0 Å². The molecule has 0 atom stereocenters. The summed E-state index contributed by atoms with van der Waals surface area (Å²) in [6, 6.07) is 167. The molecule has 130 heavy (non-hydrogen) atoms. The van der Waals surface area contributed by atoms with Crippen LogP contribution in [0, 0.1) is 0 Å². The fraction of sp³-hybridized carbons (Fsp3) is 0. The van der Waals surface area contributed by atoms with Gasteiger partial charge >= 0.3 is 0 Å². The van der Waals surface area contributed by atoms with Gasteiger partial charge in [-0.2, -0.15) is 0 Å². The predicted octanol–water partition coefficient (Wildman–Crippen LogP) is 30.9. The zero-order chi connectivity index (χ0) is 86.5. The summed E-state index contributed by atoms with van der Waals surface area (Å²) in [5.41, 5.74) is 34.9. The van der Waals surface area contributed by atoms with Crippen LogP contribution in [-0.2, 0) is 0 Å². The molecular formula is C121H79N9. The Kier molecular flexibility index (Phi) is 21.3. The molecule has 23 rings (SSSR count). The van der Waals surface area contributed by atoms with Crippen molar-refractivity contribution < 1.29 is 0 Å². The van der Waals surface area contributed by atoms with Crippen molar-refractivity contribution in [3.05, 3.63) is 479 Å². The van der Waals surface area contributed by atoms with Gasteiger partial charge in [0.15, 0.2) is 23.3 Å². The Morgan fingerprint density at radius 2 is 0.323 bits per heavy atom. The first-order chi connectivity index (χ1) is 64.4.